The van der Waals surface area contributed by atoms with Crippen molar-refractivity contribution in [1.29, 1.82) is 0 Å². The lowest BCUT2D eigenvalue weighted by Gasteiger charge is -2.35. The zero-order valence-electron chi connectivity index (χ0n) is 17.1. The molecule has 3 aromatic rings. The highest BCUT2D eigenvalue weighted by Gasteiger charge is 2.18. The topological polar surface area (TPSA) is 44.3 Å². The van der Waals surface area contributed by atoms with Crippen molar-refractivity contribution in [3.05, 3.63) is 40.4 Å². The van der Waals surface area contributed by atoms with Crippen LogP contribution in [0.5, 0.6) is 0 Å². The number of hydrogen-bond donors (Lipinski definition) is 1. The molecule has 1 fully saturated rings. The van der Waals surface area contributed by atoms with Gasteiger partial charge in [0.2, 0.25) is 0 Å². The van der Waals surface area contributed by atoms with E-state index >= 15 is 0 Å². The van der Waals surface area contributed by atoms with E-state index < -0.39 is 0 Å². The van der Waals surface area contributed by atoms with E-state index in [1.165, 1.54) is 37.3 Å². The number of nitrogens with zero attached hydrogens (tertiary/aromatic N) is 4. The first kappa shape index (κ1) is 20.7. The Morgan fingerprint density at radius 3 is 2.55 bits per heavy atom. The number of anilines is 1. The Kier molecular flexibility index (Phi) is 6.80. The van der Waals surface area contributed by atoms with E-state index in [-0.39, 0.29) is 0 Å². The van der Waals surface area contributed by atoms with Crippen LogP contribution < -0.4 is 5.32 Å². The summed E-state index contributed by atoms with van der Waals surface area (Å²) in [5.41, 5.74) is 2.39. The van der Waals surface area contributed by atoms with Crippen molar-refractivity contribution in [1.82, 2.24) is 19.8 Å². The van der Waals surface area contributed by atoms with E-state index in [0.29, 0.717) is 5.92 Å². The Hall–Kier alpha value is -1.54. The Morgan fingerprint density at radius 2 is 1.83 bits per heavy atom. The van der Waals surface area contributed by atoms with Crippen molar-refractivity contribution in [3.63, 3.8) is 0 Å². The van der Waals surface area contributed by atoms with Crippen molar-refractivity contribution in [2.24, 2.45) is 5.92 Å². The summed E-state index contributed by atoms with van der Waals surface area (Å²) >= 11 is 5.20. The summed E-state index contributed by atoms with van der Waals surface area (Å²) < 4.78 is 1.09. The molecule has 7 heteroatoms. The van der Waals surface area contributed by atoms with Gasteiger partial charge in [-0.05, 0) is 30.2 Å². The molecular formula is C22H28BrN5S. The molecule has 1 aliphatic rings. The van der Waals surface area contributed by atoms with Crippen molar-refractivity contribution < 1.29 is 0 Å². The van der Waals surface area contributed by atoms with Crippen molar-refractivity contribution in [2.45, 2.75) is 13.8 Å². The molecule has 0 aliphatic carbocycles. The van der Waals surface area contributed by atoms with Crippen LogP contribution in [-0.2, 0) is 0 Å². The highest BCUT2D eigenvalue weighted by atomic mass is 79.9. The fraction of sp³-hybridized carbons (Fsp3) is 0.455. The molecule has 0 spiro atoms. The molecule has 154 valence electrons. The van der Waals surface area contributed by atoms with Gasteiger partial charge in [-0.15, -0.1) is 11.3 Å². The predicted octanol–water partition coefficient (Wildman–Crippen LogP) is 4.81. The minimum Gasteiger partial charge on any atom is -0.369 e. The quantitative estimate of drug-likeness (QED) is 0.533. The average Bonchev–Trinajstić information content (AvgIpc) is 3.18. The maximum Gasteiger partial charge on any atom is 0.138 e. The van der Waals surface area contributed by atoms with Crippen LogP contribution in [0.25, 0.3) is 21.3 Å². The van der Waals surface area contributed by atoms with Crippen LogP contribution in [0.3, 0.4) is 0 Å². The number of benzene rings is 1. The maximum atomic E-state index is 4.58. The highest BCUT2D eigenvalue weighted by Crippen LogP contribution is 2.36. The van der Waals surface area contributed by atoms with E-state index in [1.807, 2.05) is 0 Å². The molecule has 3 heterocycles. The molecular weight excluding hydrogens is 446 g/mol. The molecule has 1 aromatic carbocycles. The number of thiophene rings is 1. The largest absolute Gasteiger partial charge is 0.369 e. The molecule has 0 bridgehead atoms. The zero-order chi connectivity index (χ0) is 20.2. The molecule has 0 saturated carbocycles. The second kappa shape index (κ2) is 9.51. The number of fused-ring (bicyclic) bond motifs is 1. The molecule has 1 atom stereocenters. The molecule has 0 unspecified atom stereocenters. The molecule has 2 aromatic heterocycles. The van der Waals surface area contributed by atoms with Crippen LogP contribution in [0.2, 0.25) is 0 Å². The van der Waals surface area contributed by atoms with Gasteiger partial charge < -0.3 is 15.1 Å². The first-order chi connectivity index (χ1) is 14.1. The molecule has 1 N–H and O–H groups in total. The third kappa shape index (κ3) is 4.97. The van der Waals surface area contributed by atoms with Gasteiger partial charge in [-0.25, -0.2) is 9.97 Å². The third-order valence-corrected chi connectivity index (χ3v) is 7.04. The van der Waals surface area contributed by atoms with Crippen molar-refractivity contribution >= 4 is 43.3 Å². The SMILES string of the molecule is CCN1CCN(C[C@@H](C)CNc2ncnc3scc(-c4ccc(Br)cc4)c23)CC1. The lowest BCUT2D eigenvalue weighted by molar-refractivity contribution is 0.126. The molecule has 1 saturated heterocycles. The Morgan fingerprint density at radius 1 is 1.10 bits per heavy atom. The Bertz CT molecular complexity index is 934. The molecule has 1 aliphatic heterocycles. The number of hydrogen-bond acceptors (Lipinski definition) is 6. The van der Waals surface area contributed by atoms with Gasteiger partial charge in [0.15, 0.2) is 0 Å². The van der Waals surface area contributed by atoms with Crippen LogP contribution in [0, 0.1) is 5.92 Å². The minimum atomic E-state index is 0.558. The van der Waals surface area contributed by atoms with Crippen molar-refractivity contribution in [3.8, 4) is 11.1 Å². The van der Waals surface area contributed by atoms with Gasteiger partial charge in [-0.1, -0.05) is 41.9 Å². The van der Waals surface area contributed by atoms with Crippen molar-refractivity contribution in [2.75, 3.05) is 51.1 Å². The molecule has 5 nitrogen and oxygen atoms in total. The first-order valence-corrected chi connectivity index (χ1v) is 12.0. The van der Waals surface area contributed by atoms with Gasteiger partial charge in [0.05, 0.1) is 5.39 Å². The van der Waals surface area contributed by atoms with E-state index in [1.54, 1.807) is 17.7 Å². The van der Waals surface area contributed by atoms with Gasteiger partial charge >= 0.3 is 0 Å². The summed E-state index contributed by atoms with van der Waals surface area (Å²) in [5.74, 6) is 1.50. The van der Waals surface area contributed by atoms with Crippen LogP contribution in [0.1, 0.15) is 13.8 Å². The molecule has 0 radical (unpaired) electrons. The summed E-state index contributed by atoms with van der Waals surface area (Å²) in [4.78, 5) is 15.2. The summed E-state index contributed by atoms with van der Waals surface area (Å²) in [7, 11) is 0. The van der Waals surface area contributed by atoms with Gasteiger partial charge in [-0.2, -0.15) is 0 Å². The number of likely N-dealkylation sites (N-methyl/N-ethyl adjacent to an activating group) is 1. The molecule has 0 amide bonds. The normalized spacial score (nSPS) is 16.9. The number of aromatic nitrogens is 2. The minimum absolute atomic E-state index is 0.558. The van der Waals surface area contributed by atoms with Crippen LogP contribution >= 0.6 is 27.3 Å². The smallest absolute Gasteiger partial charge is 0.138 e. The van der Waals surface area contributed by atoms with Gasteiger partial charge in [0.25, 0.3) is 0 Å². The van der Waals surface area contributed by atoms with E-state index in [9.17, 15) is 0 Å². The Balaban J connectivity index is 1.44. The summed E-state index contributed by atoms with van der Waals surface area (Å²) in [6, 6.07) is 8.44. The monoisotopic (exact) mass is 473 g/mol. The fourth-order valence-electron chi connectivity index (χ4n) is 3.92. The van der Waals surface area contributed by atoms with Gasteiger partial charge in [0.1, 0.15) is 17.0 Å². The highest BCUT2D eigenvalue weighted by molar-refractivity contribution is 9.10. The van der Waals surface area contributed by atoms with E-state index in [0.717, 1.165) is 40.1 Å². The number of piperazine rings is 1. The predicted molar refractivity (Wildman–Crippen MR) is 127 cm³/mol. The summed E-state index contributed by atoms with van der Waals surface area (Å²) in [5, 5.41) is 6.93. The van der Waals surface area contributed by atoms with Crippen LogP contribution in [-0.4, -0.2) is 65.6 Å². The summed E-state index contributed by atoms with van der Waals surface area (Å²) in [6.07, 6.45) is 1.67. The third-order valence-electron chi connectivity index (χ3n) is 5.63. The van der Waals surface area contributed by atoms with Gasteiger partial charge in [-0.3, -0.25) is 0 Å². The van der Waals surface area contributed by atoms with Crippen LogP contribution in [0.15, 0.2) is 40.4 Å². The van der Waals surface area contributed by atoms with Crippen LogP contribution in [0.4, 0.5) is 5.82 Å². The lowest BCUT2D eigenvalue weighted by Crippen LogP contribution is -2.47. The molecule has 4 rings (SSSR count). The lowest BCUT2D eigenvalue weighted by atomic mass is 10.1. The van der Waals surface area contributed by atoms with Gasteiger partial charge in [0, 0.05) is 54.7 Å². The standard InChI is InChI=1S/C22H28BrN5S/c1-3-27-8-10-28(11-9-27)13-16(2)12-24-21-20-19(14-29-22(20)26-15-25-21)17-4-6-18(23)7-5-17/h4-7,14-16H,3,8-13H2,1-2H3,(H,24,25,26)/t16-/m0/s1. The second-order valence-corrected chi connectivity index (χ2v) is 9.55. The molecule has 29 heavy (non-hydrogen) atoms. The first-order valence-electron chi connectivity index (χ1n) is 10.3. The maximum absolute atomic E-state index is 4.58. The summed E-state index contributed by atoms with van der Waals surface area (Å²) in [6.45, 7) is 12.5. The Labute approximate surface area is 185 Å². The average molecular weight is 474 g/mol. The number of rotatable bonds is 7. The fourth-order valence-corrected chi connectivity index (χ4v) is 5.10. The van der Waals surface area contributed by atoms with E-state index in [4.69, 9.17) is 0 Å². The second-order valence-electron chi connectivity index (χ2n) is 7.78. The number of nitrogens with one attached hydrogen (secondary N) is 1. The van der Waals surface area contributed by atoms with E-state index in [2.05, 4.69) is 84.5 Å². The zero-order valence-corrected chi connectivity index (χ0v) is 19.5. The number of halogens is 1.